The highest BCUT2D eigenvalue weighted by Crippen LogP contribution is 2.25. The molecule has 2 heterocycles. The molecule has 6 nitrogen and oxygen atoms in total. The maximum atomic E-state index is 12.4. The molecular formula is C12H18N2O4S2. The molecule has 112 valence electrons. The molecule has 1 aliphatic heterocycles. The van der Waals surface area contributed by atoms with E-state index in [0.29, 0.717) is 18.3 Å². The Kier molecular flexibility index (Phi) is 4.46. The molecule has 1 atom stereocenters. The first-order valence-corrected chi connectivity index (χ1v) is 8.96. The normalized spacial score (nSPS) is 20.1. The van der Waals surface area contributed by atoms with E-state index in [0.717, 1.165) is 12.2 Å². The fourth-order valence-corrected chi connectivity index (χ4v) is 3.83. The number of nitrogens with two attached hydrogens (primary N) is 1. The molecule has 0 bridgehead atoms. The number of amides is 1. The number of thioether (sulfide) groups is 1. The molecule has 20 heavy (non-hydrogen) atoms. The van der Waals surface area contributed by atoms with Crippen molar-refractivity contribution in [2.75, 3.05) is 18.8 Å². The van der Waals surface area contributed by atoms with Crippen LogP contribution in [-0.2, 0) is 10.0 Å². The summed E-state index contributed by atoms with van der Waals surface area (Å²) in [4.78, 5) is 14.2. The van der Waals surface area contributed by atoms with Crippen LogP contribution in [0.2, 0.25) is 0 Å². The van der Waals surface area contributed by atoms with Gasteiger partial charge in [-0.25, -0.2) is 13.6 Å². The second kappa shape index (κ2) is 5.79. The Hall–Kier alpha value is -0.990. The first-order chi connectivity index (χ1) is 9.32. The largest absolute Gasteiger partial charge is 0.448 e. The zero-order chi connectivity index (χ0) is 14.9. The molecule has 2 N–H and O–H groups in total. The number of hydrogen-bond donors (Lipinski definition) is 1. The number of nitrogens with zero attached hydrogens (tertiary/aromatic N) is 1. The van der Waals surface area contributed by atoms with Crippen LogP contribution >= 0.6 is 11.8 Å². The summed E-state index contributed by atoms with van der Waals surface area (Å²) in [6.07, 6.45) is 1.00. The molecule has 1 amide bonds. The predicted molar refractivity (Wildman–Crippen MR) is 77.3 cm³/mol. The monoisotopic (exact) mass is 318 g/mol. The van der Waals surface area contributed by atoms with Gasteiger partial charge in [0.1, 0.15) is 5.76 Å². The minimum absolute atomic E-state index is 0.195. The summed E-state index contributed by atoms with van der Waals surface area (Å²) in [5.41, 5.74) is 0.274. The number of furan rings is 1. The molecule has 0 saturated carbocycles. The molecule has 1 aromatic rings. The average Bonchev–Trinajstić information content (AvgIpc) is 2.80. The predicted octanol–water partition coefficient (Wildman–Crippen LogP) is 1.20. The summed E-state index contributed by atoms with van der Waals surface area (Å²) in [6, 6.07) is 1.22. The van der Waals surface area contributed by atoms with E-state index in [2.05, 4.69) is 6.92 Å². The molecule has 1 saturated heterocycles. The van der Waals surface area contributed by atoms with Crippen LogP contribution < -0.4 is 5.14 Å². The van der Waals surface area contributed by atoms with E-state index < -0.39 is 10.0 Å². The summed E-state index contributed by atoms with van der Waals surface area (Å²) in [7, 11) is -3.93. The summed E-state index contributed by atoms with van der Waals surface area (Å²) in [5, 5.41) is 5.08. The minimum atomic E-state index is -3.93. The highest BCUT2D eigenvalue weighted by Gasteiger charge is 2.28. The topological polar surface area (TPSA) is 93.6 Å². The number of hydrogen-bond acceptors (Lipinski definition) is 5. The zero-order valence-electron chi connectivity index (χ0n) is 11.5. The van der Waals surface area contributed by atoms with Gasteiger partial charge in [0.2, 0.25) is 5.09 Å². The van der Waals surface area contributed by atoms with Crippen molar-refractivity contribution in [3.8, 4) is 0 Å². The molecule has 0 radical (unpaired) electrons. The van der Waals surface area contributed by atoms with Crippen molar-refractivity contribution in [2.24, 2.45) is 5.14 Å². The van der Waals surface area contributed by atoms with Gasteiger partial charge in [0.15, 0.2) is 0 Å². The fraction of sp³-hybridized carbons (Fsp3) is 0.583. The van der Waals surface area contributed by atoms with Crippen LogP contribution in [0.1, 0.15) is 29.5 Å². The van der Waals surface area contributed by atoms with E-state index in [1.54, 1.807) is 11.8 Å². The SMILES string of the molecule is CCC1CN(C(=O)c2cc(S(N)(=O)=O)oc2C)CCS1. The molecule has 1 fully saturated rings. The first-order valence-electron chi connectivity index (χ1n) is 6.37. The maximum absolute atomic E-state index is 12.4. The van der Waals surface area contributed by atoms with E-state index in [4.69, 9.17) is 9.56 Å². The second-order valence-electron chi connectivity index (χ2n) is 4.73. The lowest BCUT2D eigenvalue weighted by Gasteiger charge is -2.31. The lowest BCUT2D eigenvalue weighted by Crippen LogP contribution is -2.41. The molecule has 0 aromatic carbocycles. The van der Waals surface area contributed by atoms with Crippen molar-refractivity contribution in [2.45, 2.75) is 30.6 Å². The summed E-state index contributed by atoms with van der Waals surface area (Å²) in [5.74, 6) is 0.980. The number of sulfonamides is 1. The van der Waals surface area contributed by atoms with Gasteiger partial charge < -0.3 is 9.32 Å². The lowest BCUT2D eigenvalue weighted by molar-refractivity contribution is 0.0759. The Morgan fingerprint density at radius 3 is 2.85 bits per heavy atom. The van der Waals surface area contributed by atoms with E-state index in [9.17, 15) is 13.2 Å². The van der Waals surface area contributed by atoms with E-state index in [1.165, 1.54) is 6.07 Å². The van der Waals surface area contributed by atoms with E-state index in [-0.39, 0.29) is 22.3 Å². The van der Waals surface area contributed by atoms with Crippen molar-refractivity contribution in [1.82, 2.24) is 4.90 Å². The molecule has 2 rings (SSSR count). The van der Waals surface area contributed by atoms with Crippen LogP contribution in [0.15, 0.2) is 15.6 Å². The van der Waals surface area contributed by atoms with E-state index in [1.807, 2.05) is 11.8 Å². The summed E-state index contributed by atoms with van der Waals surface area (Å²) in [6.45, 7) is 5.00. The molecule has 1 aliphatic rings. The Morgan fingerprint density at radius 1 is 1.60 bits per heavy atom. The number of primary sulfonamides is 1. The third-order valence-electron chi connectivity index (χ3n) is 3.29. The summed E-state index contributed by atoms with van der Waals surface area (Å²) >= 11 is 1.86. The van der Waals surface area contributed by atoms with Gasteiger partial charge in [0, 0.05) is 30.2 Å². The Balaban J connectivity index is 2.23. The Morgan fingerprint density at radius 2 is 2.30 bits per heavy atom. The van der Waals surface area contributed by atoms with Crippen LogP contribution in [0, 0.1) is 6.92 Å². The highest BCUT2D eigenvalue weighted by atomic mass is 32.2. The number of aryl methyl sites for hydroxylation is 1. The van der Waals surface area contributed by atoms with Gasteiger partial charge in [-0.05, 0) is 13.3 Å². The van der Waals surface area contributed by atoms with E-state index >= 15 is 0 Å². The zero-order valence-corrected chi connectivity index (χ0v) is 13.1. The standard InChI is InChI=1S/C12H18N2O4S2/c1-3-9-7-14(4-5-19-9)12(15)10-6-11(18-8(10)2)20(13,16)17/h6,9H,3-5,7H2,1-2H3,(H2,13,16,17). The molecule has 1 unspecified atom stereocenters. The molecule has 0 spiro atoms. The van der Waals surface area contributed by atoms with Gasteiger partial charge in [-0.3, -0.25) is 4.79 Å². The van der Waals surface area contributed by atoms with Gasteiger partial charge in [0.25, 0.3) is 15.9 Å². The van der Waals surface area contributed by atoms with Crippen LogP contribution in [0.4, 0.5) is 0 Å². The van der Waals surface area contributed by atoms with Gasteiger partial charge in [0.05, 0.1) is 5.56 Å². The number of carbonyl (C=O) groups excluding carboxylic acids is 1. The summed E-state index contributed by atoms with van der Waals surface area (Å²) < 4.78 is 27.6. The van der Waals surface area contributed by atoms with Gasteiger partial charge in [-0.15, -0.1) is 0 Å². The van der Waals surface area contributed by atoms with Gasteiger partial charge in [-0.2, -0.15) is 11.8 Å². The lowest BCUT2D eigenvalue weighted by atomic mass is 10.2. The molecule has 0 aliphatic carbocycles. The number of carbonyl (C=O) groups is 1. The third-order valence-corrected chi connectivity index (χ3v) is 5.42. The molecule has 8 heteroatoms. The van der Waals surface area contributed by atoms with Crippen molar-refractivity contribution in [3.63, 3.8) is 0 Å². The number of rotatable bonds is 3. The van der Waals surface area contributed by atoms with Crippen molar-refractivity contribution in [1.29, 1.82) is 0 Å². The van der Waals surface area contributed by atoms with Crippen molar-refractivity contribution in [3.05, 3.63) is 17.4 Å². The Labute approximate surface area is 122 Å². The van der Waals surface area contributed by atoms with Crippen molar-refractivity contribution >= 4 is 27.7 Å². The first kappa shape index (κ1) is 15.4. The van der Waals surface area contributed by atoms with Crippen LogP contribution in [0.3, 0.4) is 0 Å². The quantitative estimate of drug-likeness (QED) is 0.904. The molecular weight excluding hydrogens is 300 g/mol. The third kappa shape index (κ3) is 3.18. The Bertz CT molecular complexity index is 609. The minimum Gasteiger partial charge on any atom is -0.448 e. The van der Waals surface area contributed by atoms with Crippen LogP contribution in [0.25, 0.3) is 0 Å². The molecule has 1 aromatic heterocycles. The van der Waals surface area contributed by atoms with Crippen LogP contribution in [0.5, 0.6) is 0 Å². The second-order valence-corrected chi connectivity index (χ2v) is 7.63. The van der Waals surface area contributed by atoms with Crippen LogP contribution in [-0.4, -0.2) is 43.3 Å². The van der Waals surface area contributed by atoms with Gasteiger partial charge in [-0.1, -0.05) is 6.92 Å². The smallest absolute Gasteiger partial charge is 0.271 e. The highest BCUT2D eigenvalue weighted by molar-refractivity contribution is 8.00. The van der Waals surface area contributed by atoms with Crippen molar-refractivity contribution < 1.29 is 17.6 Å². The van der Waals surface area contributed by atoms with Gasteiger partial charge >= 0.3 is 0 Å². The average molecular weight is 318 g/mol. The fourth-order valence-electron chi connectivity index (χ4n) is 2.13. The maximum Gasteiger partial charge on any atom is 0.271 e.